The van der Waals surface area contributed by atoms with E-state index in [1.807, 2.05) is 12.1 Å². The van der Waals surface area contributed by atoms with Crippen molar-refractivity contribution in [3.63, 3.8) is 0 Å². The van der Waals surface area contributed by atoms with Gasteiger partial charge in [0.25, 0.3) is 0 Å². The van der Waals surface area contributed by atoms with E-state index in [0.29, 0.717) is 17.7 Å². The van der Waals surface area contributed by atoms with E-state index in [2.05, 4.69) is 94.6 Å². The van der Waals surface area contributed by atoms with Crippen molar-refractivity contribution in [1.82, 2.24) is 15.0 Å². The highest BCUT2D eigenvalue weighted by Gasteiger charge is 2.19. The number of aryl methyl sites for hydroxylation is 4. The van der Waals surface area contributed by atoms with Gasteiger partial charge < -0.3 is 10.6 Å². The third-order valence-electron chi connectivity index (χ3n) is 29.3. The lowest BCUT2D eigenvalue weighted by molar-refractivity contribution is 0.530. The first-order valence-corrected chi connectivity index (χ1v) is 59.1. The van der Waals surface area contributed by atoms with Gasteiger partial charge in [0, 0.05) is 16.9 Å². The lowest BCUT2D eigenvalue weighted by Gasteiger charge is -2.20. The fourth-order valence-electron chi connectivity index (χ4n) is 20.8. The van der Waals surface area contributed by atoms with Crippen LogP contribution in [-0.4, -0.2) is 15.0 Å². The molecule has 3 aromatic carbocycles. The largest absolute Gasteiger partial charge is 0.324 e. The molecule has 1 radical (unpaired) electrons. The van der Waals surface area contributed by atoms with Crippen LogP contribution in [0.4, 0.5) is 23.3 Å². The minimum absolute atomic E-state index is 0.636. The first-order valence-electron chi connectivity index (χ1n) is 59.1. The summed E-state index contributed by atoms with van der Waals surface area (Å²) in [6.45, 7) is 14.0. The minimum Gasteiger partial charge on any atom is -0.324 e. The summed E-state index contributed by atoms with van der Waals surface area (Å²) < 4.78 is 0. The van der Waals surface area contributed by atoms with Crippen LogP contribution in [0.15, 0.2) is 48.5 Å². The molecule has 128 heavy (non-hydrogen) atoms. The summed E-state index contributed by atoms with van der Waals surface area (Å²) >= 11 is 0. The van der Waals surface area contributed by atoms with Gasteiger partial charge in [-0.05, 0) is 141 Å². The van der Waals surface area contributed by atoms with Crippen LogP contribution in [0.5, 0.6) is 0 Å². The van der Waals surface area contributed by atoms with E-state index in [-0.39, 0.29) is 0 Å². The Morgan fingerprint density at radius 3 is 0.492 bits per heavy atom. The number of anilines is 4. The molecule has 4 rings (SSSR count). The quantitative estimate of drug-likeness (QED) is 0.0431. The summed E-state index contributed by atoms with van der Waals surface area (Å²) in [5.41, 5.74) is 13.0. The van der Waals surface area contributed by atoms with Gasteiger partial charge in [-0.2, -0.15) is 15.0 Å². The average Bonchev–Trinajstić information content (AvgIpc) is 0.804. The van der Waals surface area contributed by atoms with E-state index < -0.39 is 0 Å². The summed E-state index contributed by atoms with van der Waals surface area (Å²) in [6.07, 6.45) is 133. The van der Waals surface area contributed by atoms with Crippen LogP contribution in [0.3, 0.4) is 0 Å². The monoisotopic (exact) mass is 1770 g/mol. The highest BCUT2D eigenvalue weighted by Crippen LogP contribution is 2.34. The maximum atomic E-state index is 5.49. The molecule has 5 heteroatoms. The van der Waals surface area contributed by atoms with Crippen LogP contribution in [0.2, 0.25) is 0 Å². The zero-order chi connectivity index (χ0) is 90.7. The normalized spacial score (nSPS) is 11.7. The van der Waals surface area contributed by atoms with Gasteiger partial charge in [0.15, 0.2) is 5.82 Å². The molecule has 5 nitrogen and oxygen atoms in total. The molecule has 0 bridgehead atoms. The molecule has 0 aliphatic heterocycles. The fraction of sp³-hybridized carbons (Fsp3) is 0.829. The van der Waals surface area contributed by atoms with Crippen molar-refractivity contribution in [2.75, 3.05) is 10.6 Å². The Balaban J connectivity index is 1.68. The molecular weight excluding hydrogens is 1550 g/mol. The number of nitrogens with zero attached hydrogens (tertiary/aromatic N) is 3. The third kappa shape index (κ3) is 68.3. The van der Waals surface area contributed by atoms with E-state index in [1.165, 1.54) is 591 Å². The molecule has 1 aromatic heterocycles. The van der Waals surface area contributed by atoms with Crippen LogP contribution < -0.4 is 10.6 Å². The molecule has 0 saturated heterocycles. The first-order chi connectivity index (χ1) is 63.5. The van der Waals surface area contributed by atoms with Crippen LogP contribution >= 0.6 is 0 Å². The Hall–Kier alpha value is -3.73. The van der Waals surface area contributed by atoms with Crippen molar-refractivity contribution in [3.8, 4) is 11.4 Å². The lowest BCUT2D eigenvalue weighted by Crippen LogP contribution is -2.09. The van der Waals surface area contributed by atoms with Crippen molar-refractivity contribution in [1.29, 1.82) is 0 Å². The Bertz CT molecular complexity index is 2660. The molecule has 0 spiro atoms. The SMILES string of the molecule is CCCCCCCCCCCCCCCCCc1cc(Nc2nc(Nc3cc(CCCCCCCCCCCCCCCCC)c(CCCCCCCCCCCCCCCCC)c(CCCCCCCCCCCCCCCCC)c3)nc(-c3cc[c]cc3)n2)cc(CCCCCCCCCCCCCCCCC)c1CCCCCCCCCCCCCCCCC. The molecule has 0 unspecified atom stereocenters. The topological polar surface area (TPSA) is 62.7 Å². The molecule has 0 fully saturated rings. The number of hydrogen-bond acceptors (Lipinski definition) is 5. The summed E-state index contributed by atoms with van der Waals surface area (Å²) in [4.78, 5) is 16.3. The van der Waals surface area contributed by atoms with Gasteiger partial charge in [0.1, 0.15) is 0 Å². The van der Waals surface area contributed by atoms with Crippen molar-refractivity contribution < 1.29 is 0 Å². The van der Waals surface area contributed by atoms with Gasteiger partial charge in [-0.15, -0.1) is 0 Å². The van der Waals surface area contributed by atoms with Crippen molar-refractivity contribution in [3.05, 3.63) is 88.0 Å². The van der Waals surface area contributed by atoms with Crippen LogP contribution in [0.1, 0.15) is 653 Å². The van der Waals surface area contributed by atoms with E-state index in [4.69, 9.17) is 15.0 Å². The second-order valence-corrected chi connectivity index (χ2v) is 41.6. The van der Waals surface area contributed by atoms with Crippen LogP contribution in [0, 0.1) is 6.07 Å². The molecule has 1 heterocycles. The Labute approximate surface area is 801 Å². The van der Waals surface area contributed by atoms with E-state index in [0.717, 1.165) is 42.6 Å². The van der Waals surface area contributed by atoms with Gasteiger partial charge in [0.2, 0.25) is 11.9 Å². The molecule has 0 saturated carbocycles. The predicted molar refractivity (Wildman–Crippen MR) is 575 cm³/mol. The van der Waals surface area contributed by atoms with E-state index in [1.54, 1.807) is 33.4 Å². The zero-order valence-corrected chi connectivity index (χ0v) is 87.3. The number of aromatic nitrogens is 3. The van der Waals surface area contributed by atoms with Gasteiger partial charge in [-0.25, -0.2) is 0 Å². The lowest BCUT2D eigenvalue weighted by atomic mass is 9.89. The second-order valence-electron chi connectivity index (χ2n) is 41.6. The highest BCUT2D eigenvalue weighted by atomic mass is 15.2. The summed E-state index contributed by atoms with van der Waals surface area (Å²) in [5, 5.41) is 8.01. The summed E-state index contributed by atoms with van der Waals surface area (Å²) in [5.74, 6) is 1.98. The smallest absolute Gasteiger partial charge is 0.232 e. The Morgan fingerprint density at radius 2 is 0.328 bits per heavy atom. The van der Waals surface area contributed by atoms with Crippen molar-refractivity contribution in [2.45, 2.75) is 658 Å². The molecule has 0 aliphatic carbocycles. The maximum Gasteiger partial charge on any atom is 0.232 e. The Morgan fingerprint density at radius 1 is 0.180 bits per heavy atom. The molecule has 737 valence electrons. The minimum atomic E-state index is 0.636. The molecule has 4 aromatic rings. The van der Waals surface area contributed by atoms with E-state index >= 15 is 0 Å². The van der Waals surface area contributed by atoms with Gasteiger partial charge in [-0.3, -0.25) is 0 Å². The first kappa shape index (κ1) is 117. The maximum absolute atomic E-state index is 5.49. The van der Waals surface area contributed by atoms with Crippen LogP contribution in [-0.2, 0) is 38.5 Å². The standard InChI is InChI=1S/C123H220N5/c1-7-13-19-25-31-37-43-49-55-61-67-73-79-85-92-102-113-108-117(109-114(103-93-86-80-74-68-62-56-50-44-38-32-26-20-14-8-2)119(113)106-98-89-83-77-71-65-59-53-47-41-35-29-23-17-11-5)124-122-126-121(112-100-96-91-97-101-112)127-123(128-122)125-118-110-115(104-94-87-81-75-69-63-57-51-45-39-33-27-21-15-9-3)120(107-99-90-84-78-72-66-60-54-48-42-36-30-24-18-12-6)116(111-118)105-95-88-82-76-70-64-58-52-46-40-34-28-22-16-10-4/h96-97,100-101,108-111H,7-90,92-95,98-99,102-107H2,1-6H3,(H2,124,125,126,127,128). The number of rotatable bonds is 101. The average molecular weight is 1770 g/mol. The molecule has 0 aliphatic rings. The number of hydrogen-bond donors (Lipinski definition) is 2. The number of benzene rings is 3. The van der Waals surface area contributed by atoms with Crippen molar-refractivity contribution in [2.24, 2.45) is 0 Å². The Kier molecular flexibility index (Phi) is 82.9. The van der Waals surface area contributed by atoms with E-state index in [9.17, 15) is 0 Å². The fourth-order valence-corrected chi connectivity index (χ4v) is 20.8. The zero-order valence-electron chi connectivity index (χ0n) is 87.3. The third-order valence-corrected chi connectivity index (χ3v) is 29.3. The molecule has 2 N–H and O–H groups in total. The van der Waals surface area contributed by atoms with Crippen molar-refractivity contribution >= 4 is 23.3 Å². The number of unbranched alkanes of at least 4 members (excludes halogenated alkanes) is 84. The van der Waals surface area contributed by atoms with Gasteiger partial charge in [-0.1, -0.05) is 605 Å². The summed E-state index contributed by atoms with van der Waals surface area (Å²) in [7, 11) is 0. The number of nitrogens with one attached hydrogen (secondary N) is 2. The highest BCUT2D eigenvalue weighted by molar-refractivity contribution is 5.66. The molecule has 0 amide bonds. The predicted octanol–water partition coefficient (Wildman–Crippen LogP) is 43.3. The molecular formula is C123H220N5. The van der Waals surface area contributed by atoms with Gasteiger partial charge >= 0.3 is 0 Å². The van der Waals surface area contributed by atoms with Crippen LogP contribution in [0.25, 0.3) is 11.4 Å². The molecule has 0 atom stereocenters. The second kappa shape index (κ2) is 91.0. The van der Waals surface area contributed by atoms with Gasteiger partial charge in [0.05, 0.1) is 0 Å². The summed E-state index contributed by atoms with van der Waals surface area (Å²) in [6, 6.07) is 21.9.